The van der Waals surface area contributed by atoms with Crippen LogP contribution in [0.15, 0.2) is 35.6 Å². The third-order valence-corrected chi connectivity index (χ3v) is 4.89. The maximum absolute atomic E-state index is 13.2. The van der Waals surface area contributed by atoms with Crippen molar-refractivity contribution in [3.63, 3.8) is 0 Å². The second kappa shape index (κ2) is 8.97. The SMILES string of the molecule is CC1CCN(c2ncc(C(F)(F)F)cc2C(=O)Nc2ccnc(SN)c2)CCO1. The average molecular weight is 427 g/mol. The Morgan fingerprint density at radius 3 is 2.86 bits per heavy atom. The van der Waals surface area contributed by atoms with Crippen molar-refractivity contribution in [2.45, 2.75) is 30.7 Å². The Bertz CT molecular complexity index is 881. The molecule has 0 aromatic carbocycles. The smallest absolute Gasteiger partial charge is 0.377 e. The molecule has 1 aliphatic rings. The van der Waals surface area contributed by atoms with E-state index >= 15 is 0 Å². The molecule has 1 atom stereocenters. The minimum absolute atomic E-state index is 0.0238. The highest BCUT2D eigenvalue weighted by atomic mass is 32.2. The van der Waals surface area contributed by atoms with Gasteiger partial charge in [0.05, 0.1) is 23.8 Å². The summed E-state index contributed by atoms with van der Waals surface area (Å²) in [5, 5.41) is 8.53. The molecule has 3 heterocycles. The maximum Gasteiger partial charge on any atom is 0.417 e. The highest BCUT2D eigenvalue weighted by Gasteiger charge is 2.33. The Morgan fingerprint density at radius 1 is 1.34 bits per heavy atom. The zero-order chi connectivity index (χ0) is 21.0. The van der Waals surface area contributed by atoms with Crippen LogP contribution in [0.25, 0.3) is 0 Å². The number of carbonyl (C=O) groups is 1. The normalized spacial score (nSPS) is 17.7. The van der Waals surface area contributed by atoms with Crippen LogP contribution in [0, 0.1) is 0 Å². The Balaban J connectivity index is 1.95. The number of nitrogens with zero attached hydrogens (tertiary/aromatic N) is 3. The van der Waals surface area contributed by atoms with E-state index in [9.17, 15) is 18.0 Å². The molecule has 0 aliphatic carbocycles. The molecule has 0 spiro atoms. The second-order valence-corrected chi connectivity index (χ2v) is 7.16. The van der Waals surface area contributed by atoms with Gasteiger partial charge in [0.1, 0.15) is 10.8 Å². The molecule has 1 amide bonds. The fraction of sp³-hybridized carbons (Fsp3) is 0.389. The van der Waals surface area contributed by atoms with E-state index in [0.717, 1.165) is 24.2 Å². The Labute approximate surface area is 170 Å². The number of amides is 1. The van der Waals surface area contributed by atoms with Gasteiger partial charge >= 0.3 is 6.18 Å². The molecule has 0 radical (unpaired) electrons. The summed E-state index contributed by atoms with van der Waals surface area (Å²) in [6.45, 7) is 3.26. The summed E-state index contributed by atoms with van der Waals surface area (Å²) in [7, 11) is 0. The number of halogens is 3. The lowest BCUT2D eigenvalue weighted by molar-refractivity contribution is -0.137. The molecule has 3 N–H and O–H groups in total. The molecule has 11 heteroatoms. The van der Waals surface area contributed by atoms with Gasteiger partial charge in [-0.25, -0.2) is 9.97 Å². The molecule has 1 aliphatic heterocycles. The van der Waals surface area contributed by atoms with Crippen LogP contribution in [0.2, 0.25) is 0 Å². The van der Waals surface area contributed by atoms with Crippen molar-refractivity contribution in [1.29, 1.82) is 0 Å². The molecule has 1 unspecified atom stereocenters. The quantitative estimate of drug-likeness (QED) is 0.723. The van der Waals surface area contributed by atoms with Gasteiger partial charge in [0.2, 0.25) is 0 Å². The first-order valence-corrected chi connectivity index (χ1v) is 9.74. The summed E-state index contributed by atoms with van der Waals surface area (Å²) >= 11 is 0.894. The second-order valence-electron chi connectivity index (χ2n) is 6.50. The van der Waals surface area contributed by atoms with E-state index in [1.54, 1.807) is 4.90 Å². The maximum atomic E-state index is 13.2. The van der Waals surface area contributed by atoms with Crippen LogP contribution >= 0.6 is 11.9 Å². The molecule has 1 fully saturated rings. The van der Waals surface area contributed by atoms with Gasteiger partial charge in [-0.2, -0.15) is 13.2 Å². The molecule has 1 saturated heterocycles. The number of rotatable bonds is 4. The summed E-state index contributed by atoms with van der Waals surface area (Å²) in [6, 6.07) is 3.89. The molecule has 7 nitrogen and oxygen atoms in total. The predicted molar refractivity (Wildman–Crippen MR) is 104 cm³/mol. The molecular weight excluding hydrogens is 407 g/mol. The summed E-state index contributed by atoms with van der Waals surface area (Å²) in [5.41, 5.74) is -0.777. The number of hydrogen-bond donors (Lipinski definition) is 2. The van der Waals surface area contributed by atoms with E-state index in [-0.39, 0.29) is 17.5 Å². The summed E-state index contributed by atoms with van der Waals surface area (Å²) in [5.74, 6) is -0.508. The van der Waals surface area contributed by atoms with Gasteiger partial charge in [-0.15, -0.1) is 0 Å². The summed E-state index contributed by atoms with van der Waals surface area (Å²) < 4.78 is 45.2. The predicted octanol–water partition coefficient (Wildman–Crippen LogP) is 3.33. The molecule has 29 heavy (non-hydrogen) atoms. The molecule has 156 valence electrons. The first kappa shape index (κ1) is 21.3. The van der Waals surface area contributed by atoms with Crippen molar-refractivity contribution >= 4 is 29.4 Å². The van der Waals surface area contributed by atoms with Crippen LogP contribution in [0.4, 0.5) is 24.7 Å². The molecule has 0 saturated carbocycles. The van der Waals surface area contributed by atoms with E-state index in [1.165, 1.54) is 18.3 Å². The molecule has 3 rings (SSSR count). The van der Waals surface area contributed by atoms with Crippen LogP contribution in [-0.2, 0) is 10.9 Å². The van der Waals surface area contributed by atoms with Crippen molar-refractivity contribution < 1.29 is 22.7 Å². The van der Waals surface area contributed by atoms with Crippen LogP contribution in [0.5, 0.6) is 0 Å². The zero-order valence-corrected chi connectivity index (χ0v) is 16.4. The van der Waals surface area contributed by atoms with Crippen molar-refractivity contribution in [3.05, 3.63) is 41.7 Å². The van der Waals surface area contributed by atoms with Crippen molar-refractivity contribution in [1.82, 2.24) is 9.97 Å². The highest BCUT2D eigenvalue weighted by molar-refractivity contribution is 7.97. The van der Waals surface area contributed by atoms with Crippen molar-refractivity contribution in [3.8, 4) is 0 Å². The monoisotopic (exact) mass is 427 g/mol. The minimum Gasteiger partial charge on any atom is -0.377 e. The number of carbonyl (C=O) groups excluding carboxylic acids is 1. The molecule has 0 bridgehead atoms. The number of hydrogen-bond acceptors (Lipinski definition) is 7. The van der Waals surface area contributed by atoms with Crippen molar-refractivity contribution in [2.24, 2.45) is 5.14 Å². The van der Waals surface area contributed by atoms with Gasteiger partial charge in [-0.1, -0.05) is 0 Å². The standard InChI is InChI=1S/C18H20F3N5O2S/c1-11-3-5-26(6-7-28-11)16-14(8-12(10-24-16)18(19,20)21)17(27)25-13-2-4-23-15(9-13)29-22/h2,4,8-11H,3,5-7,22H2,1H3,(H,23,25,27). The Kier molecular flexibility index (Phi) is 6.60. The zero-order valence-electron chi connectivity index (χ0n) is 15.6. The Morgan fingerprint density at radius 2 is 2.14 bits per heavy atom. The number of pyridine rings is 2. The van der Waals surface area contributed by atoms with E-state index in [1.807, 2.05) is 6.92 Å². The van der Waals surface area contributed by atoms with E-state index in [0.29, 0.717) is 36.8 Å². The summed E-state index contributed by atoms with van der Waals surface area (Å²) in [6.07, 6.45) is -1.72. The van der Waals surface area contributed by atoms with Gasteiger partial charge in [-0.05, 0) is 43.5 Å². The number of aromatic nitrogens is 2. The van der Waals surface area contributed by atoms with Crippen molar-refractivity contribution in [2.75, 3.05) is 29.9 Å². The van der Waals surface area contributed by atoms with E-state index in [4.69, 9.17) is 9.88 Å². The topological polar surface area (TPSA) is 93.4 Å². The lowest BCUT2D eigenvalue weighted by Crippen LogP contribution is -2.30. The van der Waals surface area contributed by atoms with Gasteiger partial charge in [0.15, 0.2) is 0 Å². The minimum atomic E-state index is -4.61. The number of nitrogens with one attached hydrogen (secondary N) is 1. The fourth-order valence-corrected chi connectivity index (χ4v) is 3.21. The molecule has 2 aromatic heterocycles. The van der Waals surface area contributed by atoms with E-state index in [2.05, 4.69) is 15.3 Å². The van der Waals surface area contributed by atoms with Gasteiger partial charge in [0.25, 0.3) is 5.91 Å². The number of nitrogens with two attached hydrogens (primary N) is 1. The first-order chi connectivity index (χ1) is 13.8. The lowest BCUT2D eigenvalue weighted by atomic mass is 10.1. The lowest BCUT2D eigenvalue weighted by Gasteiger charge is -2.24. The number of ether oxygens (including phenoxy) is 1. The molecule has 2 aromatic rings. The summed E-state index contributed by atoms with van der Waals surface area (Å²) in [4.78, 5) is 22.6. The third-order valence-electron chi connectivity index (χ3n) is 4.42. The average Bonchev–Trinajstić information content (AvgIpc) is 2.91. The van der Waals surface area contributed by atoms with Crippen LogP contribution in [0.1, 0.15) is 29.3 Å². The number of anilines is 2. The van der Waals surface area contributed by atoms with Crippen LogP contribution in [-0.4, -0.2) is 41.7 Å². The highest BCUT2D eigenvalue weighted by Crippen LogP contribution is 2.32. The largest absolute Gasteiger partial charge is 0.417 e. The van der Waals surface area contributed by atoms with Gasteiger partial charge in [0, 0.05) is 31.2 Å². The fourth-order valence-electron chi connectivity index (χ4n) is 2.89. The van der Waals surface area contributed by atoms with Gasteiger partial charge in [-0.3, -0.25) is 9.93 Å². The first-order valence-electron chi connectivity index (χ1n) is 8.86. The molecular formula is C18H20F3N5O2S. The van der Waals surface area contributed by atoms with Crippen LogP contribution < -0.4 is 15.4 Å². The Hall–Kier alpha value is -2.37. The van der Waals surface area contributed by atoms with Crippen LogP contribution in [0.3, 0.4) is 0 Å². The number of alkyl halides is 3. The van der Waals surface area contributed by atoms with Gasteiger partial charge < -0.3 is 15.0 Å². The van der Waals surface area contributed by atoms with E-state index < -0.39 is 17.6 Å². The third kappa shape index (κ3) is 5.37.